The van der Waals surface area contributed by atoms with E-state index in [-0.39, 0.29) is 0 Å². The van der Waals surface area contributed by atoms with Gasteiger partial charge in [0, 0.05) is 19.6 Å². The quantitative estimate of drug-likeness (QED) is 0.702. The average molecular weight is 281 g/mol. The molecule has 1 heterocycles. The lowest BCUT2D eigenvalue weighted by molar-refractivity contribution is 0.311. The number of ether oxygens (including phenoxy) is 1. The second-order valence-electron chi connectivity index (χ2n) is 4.92. The molecule has 6 nitrogen and oxygen atoms in total. The lowest BCUT2D eigenvalue weighted by atomic mass is 10.2. The predicted molar refractivity (Wildman–Crippen MR) is 82.5 cm³/mol. The lowest BCUT2D eigenvalue weighted by Crippen LogP contribution is -2.33. The molecule has 20 heavy (non-hydrogen) atoms. The van der Waals surface area contributed by atoms with E-state index in [1.807, 2.05) is 6.92 Å². The third kappa shape index (κ3) is 4.83. The summed E-state index contributed by atoms with van der Waals surface area (Å²) in [4.78, 5) is 15.3. The molecule has 0 aliphatic carbocycles. The van der Waals surface area contributed by atoms with Gasteiger partial charge in [-0.25, -0.2) is 0 Å². The van der Waals surface area contributed by atoms with E-state index in [1.54, 1.807) is 7.05 Å². The van der Waals surface area contributed by atoms with Crippen LogP contribution in [0.4, 0.5) is 11.9 Å². The first-order chi connectivity index (χ1) is 9.62. The van der Waals surface area contributed by atoms with E-state index >= 15 is 0 Å². The summed E-state index contributed by atoms with van der Waals surface area (Å²) in [6, 6.07) is 0.719. The predicted octanol–water partition coefficient (Wildman–Crippen LogP) is 2.72. The zero-order chi connectivity index (χ0) is 15.0. The number of rotatable bonds is 9. The van der Waals surface area contributed by atoms with E-state index in [2.05, 4.69) is 45.9 Å². The maximum Gasteiger partial charge on any atom is 0.323 e. The minimum atomic E-state index is 0.341. The second-order valence-corrected chi connectivity index (χ2v) is 4.92. The fraction of sp³-hybridized carbons (Fsp3) is 0.786. The highest BCUT2D eigenvalue weighted by atomic mass is 16.5. The van der Waals surface area contributed by atoms with Crippen LogP contribution in [0.15, 0.2) is 0 Å². The maximum atomic E-state index is 5.42. The average Bonchev–Trinajstić information content (AvgIpc) is 2.43. The molecule has 0 saturated heterocycles. The first-order valence-electron chi connectivity index (χ1n) is 7.45. The summed E-state index contributed by atoms with van der Waals surface area (Å²) < 4.78 is 5.42. The lowest BCUT2D eigenvalue weighted by Gasteiger charge is -2.27. The second kappa shape index (κ2) is 8.55. The Morgan fingerprint density at radius 2 is 1.90 bits per heavy atom. The Bertz CT molecular complexity index is 397. The summed E-state index contributed by atoms with van der Waals surface area (Å²) in [5, 5.41) is 2.96. The van der Waals surface area contributed by atoms with Crippen molar-refractivity contribution < 1.29 is 4.74 Å². The van der Waals surface area contributed by atoms with Gasteiger partial charge in [0.2, 0.25) is 11.9 Å². The van der Waals surface area contributed by atoms with Gasteiger partial charge in [-0.15, -0.1) is 0 Å². The van der Waals surface area contributed by atoms with Crippen LogP contribution in [0.3, 0.4) is 0 Å². The van der Waals surface area contributed by atoms with Crippen LogP contribution >= 0.6 is 0 Å². The van der Waals surface area contributed by atoms with Gasteiger partial charge in [0.1, 0.15) is 0 Å². The Kier molecular flexibility index (Phi) is 7.04. The molecule has 1 rings (SSSR count). The third-order valence-electron chi connectivity index (χ3n) is 2.98. The van der Waals surface area contributed by atoms with Gasteiger partial charge in [0.05, 0.1) is 6.61 Å². The summed E-state index contributed by atoms with van der Waals surface area (Å²) in [5.41, 5.74) is 0. The molecule has 0 aromatic carbocycles. The Balaban J connectivity index is 2.95. The topological polar surface area (TPSA) is 63.2 Å². The molecular weight excluding hydrogens is 254 g/mol. The monoisotopic (exact) mass is 281 g/mol. The standard InChI is InChI=1S/C14H27N5O/c1-6-8-9-10-19(11(3)4)13-16-12(15-5)17-14(18-13)20-7-2/h11H,6-10H2,1-5H3,(H,15,16,17,18). The molecule has 1 aromatic heterocycles. The van der Waals surface area contributed by atoms with Crippen molar-refractivity contribution in [2.45, 2.75) is 53.0 Å². The van der Waals surface area contributed by atoms with Crippen LogP contribution in [0.1, 0.15) is 47.0 Å². The summed E-state index contributed by atoms with van der Waals surface area (Å²) in [6.07, 6.45) is 3.56. The molecule has 0 bridgehead atoms. The van der Waals surface area contributed by atoms with E-state index in [9.17, 15) is 0 Å². The van der Waals surface area contributed by atoms with Crippen LogP contribution < -0.4 is 15.0 Å². The van der Waals surface area contributed by atoms with Crippen LogP contribution in [-0.2, 0) is 0 Å². The molecule has 0 aliphatic heterocycles. The summed E-state index contributed by atoms with van der Waals surface area (Å²) >= 11 is 0. The molecular formula is C14H27N5O. The van der Waals surface area contributed by atoms with Crippen LogP contribution in [0.5, 0.6) is 6.01 Å². The van der Waals surface area contributed by atoms with Gasteiger partial charge in [0.25, 0.3) is 0 Å². The number of nitrogens with one attached hydrogen (secondary N) is 1. The van der Waals surface area contributed by atoms with Crippen molar-refractivity contribution in [2.75, 3.05) is 30.4 Å². The van der Waals surface area contributed by atoms with E-state index in [0.717, 1.165) is 13.0 Å². The van der Waals surface area contributed by atoms with E-state index in [1.165, 1.54) is 12.8 Å². The van der Waals surface area contributed by atoms with E-state index in [4.69, 9.17) is 4.74 Å². The third-order valence-corrected chi connectivity index (χ3v) is 2.98. The first-order valence-corrected chi connectivity index (χ1v) is 7.45. The highest BCUT2D eigenvalue weighted by Crippen LogP contribution is 2.18. The largest absolute Gasteiger partial charge is 0.464 e. The van der Waals surface area contributed by atoms with Crippen molar-refractivity contribution in [1.82, 2.24) is 15.0 Å². The molecule has 0 spiro atoms. The van der Waals surface area contributed by atoms with Crippen LogP contribution in [0, 0.1) is 0 Å². The van der Waals surface area contributed by atoms with Crippen molar-refractivity contribution in [3.8, 4) is 6.01 Å². The van der Waals surface area contributed by atoms with Gasteiger partial charge in [-0.2, -0.15) is 15.0 Å². The molecule has 114 valence electrons. The fourth-order valence-electron chi connectivity index (χ4n) is 1.90. The highest BCUT2D eigenvalue weighted by Gasteiger charge is 2.16. The van der Waals surface area contributed by atoms with E-state index < -0.39 is 0 Å². The van der Waals surface area contributed by atoms with Gasteiger partial charge < -0.3 is 15.0 Å². The molecule has 1 aromatic rings. The Labute approximate surface area is 122 Å². The maximum absolute atomic E-state index is 5.42. The van der Waals surface area contributed by atoms with Gasteiger partial charge in [-0.05, 0) is 27.2 Å². The summed E-state index contributed by atoms with van der Waals surface area (Å²) in [7, 11) is 1.80. The summed E-state index contributed by atoms with van der Waals surface area (Å²) in [5.74, 6) is 1.22. The number of hydrogen-bond acceptors (Lipinski definition) is 6. The zero-order valence-corrected chi connectivity index (χ0v) is 13.3. The zero-order valence-electron chi connectivity index (χ0n) is 13.3. The molecule has 1 N–H and O–H groups in total. The molecule has 0 amide bonds. The molecule has 0 atom stereocenters. The normalized spacial score (nSPS) is 10.7. The molecule has 6 heteroatoms. The minimum absolute atomic E-state index is 0.341. The van der Waals surface area contributed by atoms with Crippen molar-refractivity contribution in [2.24, 2.45) is 0 Å². The fourth-order valence-corrected chi connectivity index (χ4v) is 1.90. The van der Waals surface area contributed by atoms with Gasteiger partial charge in [-0.1, -0.05) is 19.8 Å². The summed E-state index contributed by atoms with van der Waals surface area (Å²) in [6.45, 7) is 9.91. The Morgan fingerprint density at radius 3 is 2.45 bits per heavy atom. The smallest absolute Gasteiger partial charge is 0.323 e. The van der Waals surface area contributed by atoms with Gasteiger partial charge in [-0.3, -0.25) is 0 Å². The molecule has 0 aliphatic rings. The molecule has 0 radical (unpaired) electrons. The highest BCUT2D eigenvalue weighted by molar-refractivity contribution is 5.38. The number of unbranched alkanes of at least 4 members (excludes halogenated alkanes) is 2. The van der Waals surface area contributed by atoms with Gasteiger partial charge in [0.15, 0.2) is 0 Å². The molecule has 0 unspecified atom stereocenters. The minimum Gasteiger partial charge on any atom is -0.464 e. The molecule has 0 fully saturated rings. The first kappa shape index (κ1) is 16.5. The Hall–Kier alpha value is -1.59. The van der Waals surface area contributed by atoms with Crippen LogP contribution in [-0.4, -0.2) is 41.2 Å². The number of hydrogen-bond donors (Lipinski definition) is 1. The number of anilines is 2. The van der Waals surface area contributed by atoms with Crippen molar-refractivity contribution in [3.63, 3.8) is 0 Å². The van der Waals surface area contributed by atoms with Crippen LogP contribution in [0.25, 0.3) is 0 Å². The van der Waals surface area contributed by atoms with Crippen molar-refractivity contribution >= 4 is 11.9 Å². The van der Waals surface area contributed by atoms with Crippen LogP contribution in [0.2, 0.25) is 0 Å². The van der Waals surface area contributed by atoms with Crippen molar-refractivity contribution in [3.05, 3.63) is 0 Å². The SMILES string of the molecule is CCCCCN(c1nc(NC)nc(OCC)n1)C(C)C. The number of nitrogens with zero attached hydrogens (tertiary/aromatic N) is 4. The number of aromatic nitrogens is 3. The van der Waals surface area contributed by atoms with E-state index in [0.29, 0.717) is 30.6 Å². The van der Waals surface area contributed by atoms with Crippen molar-refractivity contribution in [1.29, 1.82) is 0 Å². The Morgan fingerprint density at radius 1 is 1.15 bits per heavy atom. The van der Waals surface area contributed by atoms with Gasteiger partial charge >= 0.3 is 6.01 Å². The molecule has 0 saturated carbocycles.